The Balaban J connectivity index is 2.64. The zero-order valence-electron chi connectivity index (χ0n) is 9.33. The van der Waals surface area contributed by atoms with Crippen LogP contribution in [-0.4, -0.2) is 26.2 Å². The molecule has 1 atom stereocenters. The first-order valence-corrected chi connectivity index (χ1v) is 6.40. The Morgan fingerprint density at radius 2 is 2.00 bits per heavy atom. The van der Waals surface area contributed by atoms with Gasteiger partial charge in [0.25, 0.3) is 10.1 Å². The molecule has 0 radical (unpaired) electrons. The summed E-state index contributed by atoms with van der Waals surface area (Å²) in [5, 5.41) is 17.2. The van der Waals surface area contributed by atoms with E-state index in [1.54, 1.807) is 18.2 Å². The fourth-order valence-corrected chi connectivity index (χ4v) is 2.03. The highest BCUT2D eigenvalue weighted by atomic mass is 32.2. The first kappa shape index (κ1) is 13.6. The monoisotopic (exact) mass is 255 g/mol. The summed E-state index contributed by atoms with van der Waals surface area (Å²) in [5.74, 6) is 0. The van der Waals surface area contributed by atoms with Crippen molar-refractivity contribution in [2.24, 2.45) is 0 Å². The first-order valence-electron chi connectivity index (χ1n) is 4.99. The lowest BCUT2D eigenvalue weighted by molar-refractivity contribution is 0.186. The van der Waals surface area contributed by atoms with Crippen LogP contribution in [0.25, 0.3) is 0 Å². The van der Waals surface area contributed by atoms with E-state index in [0.717, 1.165) is 5.56 Å². The largest absolute Gasteiger partial charge is 0.378 e. The topological polar surface area (TPSA) is 87.4 Å². The summed E-state index contributed by atoms with van der Waals surface area (Å²) in [6.45, 7) is 1.63. The van der Waals surface area contributed by atoms with Crippen LogP contribution in [0.5, 0.6) is 0 Å². The van der Waals surface area contributed by atoms with Gasteiger partial charge in [0.15, 0.2) is 0 Å². The molecule has 0 amide bonds. The predicted octanol–water partition coefficient (Wildman–Crippen LogP) is 0.975. The van der Waals surface area contributed by atoms with E-state index in [4.69, 9.17) is 10.4 Å². The number of rotatable bonds is 5. The standard InChI is InChI=1S/C11H13NO4S/c1-9-2-4-11(5-3-9)17(14,15)16-7-6-10(13)8-12/h2-5,10,13H,6-7H2,1H3. The summed E-state index contributed by atoms with van der Waals surface area (Å²) in [4.78, 5) is 0.0644. The van der Waals surface area contributed by atoms with E-state index < -0.39 is 16.2 Å². The number of aliphatic hydroxyl groups is 1. The van der Waals surface area contributed by atoms with Crippen LogP contribution in [0.4, 0.5) is 0 Å². The molecule has 0 aliphatic carbocycles. The second-order valence-corrected chi connectivity index (χ2v) is 5.14. The number of benzene rings is 1. The normalized spacial score (nSPS) is 13.0. The molecule has 1 rings (SSSR count). The highest BCUT2D eigenvalue weighted by molar-refractivity contribution is 7.86. The van der Waals surface area contributed by atoms with E-state index in [1.165, 1.54) is 12.1 Å². The summed E-state index contributed by atoms with van der Waals surface area (Å²) in [6, 6.07) is 7.81. The van der Waals surface area contributed by atoms with Gasteiger partial charge < -0.3 is 5.11 Å². The molecule has 92 valence electrons. The molecule has 0 saturated heterocycles. The van der Waals surface area contributed by atoms with Crippen LogP contribution in [0.15, 0.2) is 29.2 Å². The van der Waals surface area contributed by atoms with Gasteiger partial charge in [-0.2, -0.15) is 13.7 Å². The van der Waals surface area contributed by atoms with Gasteiger partial charge in [-0.1, -0.05) is 17.7 Å². The van der Waals surface area contributed by atoms with Crippen LogP contribution in [0.1, 0.15) is 12.0 Å². The van der Waals surface area contributed by atoms with Gasteiger partial charge in [-0.05, 0) is 19.1 Å². The molecule has 1 N–H and O–H groups in total. The third kappa shape index (κ3) is 4.15. The van der Waals surface area contributed by atoms with Crippen molar-refractivity contribution < 1.29 is 17.7 Å². The molecular weight excluding hydrogens is 242 g/mol. The van der Waals surface area contributed by atoms with Gasteiger partial charge in [-0.25, -0.2) is 0 Å². The quantitative estimate of drug-likeness (QED) is 0.625. The Bertz CT molecular complexity index is 501. The molecule has 1 aromatic carbocycles. The van der Waals surface area contributed by atoms with Crippen molar-refractivity contribution in [3.8, 4) is 6.07 Å². The Labute approximate surface area is 100 Å². The molecule has 1 aromatic rings. The average Bonchev–Trinajstić information content (AvgIpc) is 2.29. The van der Waals surface area contributed by atoms with Crippen LogP contribution >= 0.6 is 0 Å². The van der Waals surface area contributed by atoms with E-state index >= 15 is 0 Å². The zero-order valence-corrected chi connectivity index (χ0v) is 10.1. The molecule has 0 saturated carbocycles. The SMILES string of the molecule is Cc1ccc(S(=O)(=O)OCCC(O)C#N)cc1. The predicted molar refractivity (Wildman–Crippen MR) is 60.6 cm³/mol. The zero-order chi connectivity index (χ0) is 12.9. The first-order chi connectivity index (χ1) is 7.95. The molecule has 0 aromatic heterocycles. The third-order valence-electron chi connectivity index (χ3n) is 2.09. The van der Waals surface area contributed by atoms with E-state index in [9.17, 15) is 8.42 Å². The minimum absolute atomic E-state index is 0.0401. The van der Waals surface area contributed by atoms with E-state index in [2.05, 4.69) is 4.18 Å². The summed E-state index contributed by atoms with van der Waals surface area (Å²) < 4.78 is 27.9. The van der Waals surface area contributed by atoms with E-state index in [0.29, 0.717) is 0 Å². The van der Waals surface area contributed by atoms with Crippen LogP contribution in [-0.2, 0) is 14.3 Å². The third-order valence-corrected chi connectivity index (χ3v) is 3.41. The molecule has 0 aliphatic heterocycles. The maximum Gasteiger partial charge on any atom is 0.296 e. The molecule has 0 bridgehead atoms. The van der Waals surface area contributed by atoms with Gasteiger partial charge in [0, 0.05) is 6.42 Å². The minimum atomic E-state index is -3.80. The molecule has 0 heterocycles. The fourth-order valence-electron chi connectivity index (χ4n) is 1.11. The van der Waals surface area contributed by atoms with Crippen molar-refractivity contribution in [3.05, 3.63) is 29.8 Å². The average molecular weight is 255 g/mol. The fraction of sp³-hybridized carbons (Fsp3) is 0.364. The maximum atomic E-state index is 11.6. The van der Waals surface area contributed by atoms with Crippen molar-refractivity contribution in [2.45, 2.75) is 24.3 Å². The molecule has 0 spiro atoms. The van der Waals surface area contributed by atoms with Gasteiger partial charge in [-0.3, -0.25) is 4.18 Å². The highest BCUT2D eigenvalue weighted by Gasteiger charge is 2.15. The minimum Gasteiger partial charge on any atom is -0.378 e. The molecule has 6 heteroatoms. The Morgan fingerprint density at radius 3 is 2.53 bits per heavy atom. The van der Waals surface area contributed by atoms with Gasteiger partial charge >= 0.3 is 0 Å². The molecule has 17 heavy (non-hydrogen) atoms. The number of aliphatic hydroxyl groups excluding tert-OH is 1. The lowest BCUT2D eigenvalue weighted by Gasteiger charge is -2.06. The number of aryl methyl sites for hydroxylation is 1. The van der Waals surface area contributed by atoms with Crippen LogP contribution in [0.3, 0.4) is 0 Å². The number of hydrogen-bond donors (Lipinski definition) is 1. The van der Waals surface area contributed by atoms with Crippen LogP contribution < -0.4 is 0 Å². The van der Waals surface area contributed by atoms with Crippen molar-refractivity contribution in [1.29, 1.82) is 5.26 Å². The van der Waals surface area contributed by atoms with E-state index in [1.807, 2.05) is 6.92 Å². The molecule has 0 aliphatic rings. The Morgan fingerprint density at radius 1 is 1.41 bits per heavy atom. The second-order valence-electron chi connectivity index (χ2n) is 3.52. The highest BCUT2D eigenvalue weighted by Crippen LogP contribution is 2.13. The maximum absolute atomic E-state index is 11.6. The van der Waals surface area contributed by atoms with Gasteiger partial charge in [0.1, 0.15) is 6.10 Å². The molecular formula is C11H13NO4S. The van der Waals surface area contributed by atoms with Gasteiger partial charge in [0.05, 0.1) is 17.6 Å². The second kappa shape index (κ2) is 5.77. The summed E-state index contributed by atoms with van der Waals surface area (Å²) in [7, 11) is -3.80. The molecule has 1 unspecified atom stereocenters. The molecule has 0 fully saturated rings. The van der Waals surface area contributed by atoms with Crippen LogP contribution in [0.2, 0.25) is 0 Å². The summed E-state index contributed by atoms with van der Waals surface area (Å²) in [5.41, 5.74) is 0.948. The summed E-state index contributed by atoms with van der Waals surface area (Å²) in [6.07, 6.45) is -1.25. The lowest BCUT2D eigenvalue weighted by atomic mass is 10.2. The van der Waals surface area contributed by atoms with Gasteiger partial charge in [-0.15, -0.1) is 0 Å². The number of nitrogens with zero attached hydrogens (tertiary/aromatic N) is 1. The molecule has 5 nitrogen and oxygen atoms in total. The van der Waals surface area contributed by atoms with Gasteiger partial charge in [0.2, 0.25) is 0 Å². The number of hydrogen-bond acceptors (Lipinski definition) is 5. The van der Waals surface area contributed by atoms with Crippen molar-refractivity contribution >= 4 is 10.1 Å². The van der Waals surface area contributed by atoms with E-state index in [-0.39, 0.29) is 17.9 Å². The summed E-state index contributed by atoms with van der Waals surface area (Å²) >= 11 is 0. The lowest BCUT2D eigenvalue weighted by Crippen LogP contribution is -2.12. The van der Waals surface area contributed by atoms with Crippen molar-refractivity contribution in [2.75, 3.05) is 6.61 Å². The van der Waals surface area contributed by atoms with Crippen LogP contribution in [0, 0.1) is 18.3 Å². The number of nitriles is 1. The van der Waals surface area contributed by atoms with Crippen molar-refractivity contribution in [1.82, 2.24) is 0 Å². The van der Waals surface area contributed by atoms with Crippen molar-refractivity contribution in [3.63, 3.8) is 0 Å². The Hall–Kier alpha value is -1.42. The Kier molecular flexibility index (Phi) is 4.63. The smallest absolute Gasteiger partial charge is 0.296 e.